The first-order valence-corrected chi connectivity index (χ1v) is 13.1. The topological polar surface area (TPSA) is 61.6 Å². The van der Waals surface area contributed by atoms with E-state index >= 15 is 0 Å². The van der Waals surface area contributed by atoms with Crippen LogP contribution in [0.3, 0.4) is 0 Å². The van der Waals surface area contributed by atoms with Crippen LogP contribution in [-0.2, 0) is 8.85 Å². The van der Waals surface area contributed by atoms with E-state index in [0.29, 0.717) is 0 Å². The third kappa shape index (κ3) is 8.03. The fourth-order valence-electron chi connectivity index (χ4n) is 0.801. The molecule has 102 valence electrons. The highest BCUT2D eigenvalue weighted by Gasteiger charge is 2.43. The monoisotopic (exact) mass is 343 g/mol. The van der Waals surface area contributed by atoms with Crippen molar-refractivity contribution < 1.29 is 13.8 Å². The fraction of sp³-hybridized carbons (Fsp3) is 1.00. The summed E-state index contributed by atoms with van der Waals surface area (Å²) in [7, 11) is -3.53. The highest BCUT2D eigenvalue weighted by atomic mass is 79.9. The van der Waals surface area contributed by atoms with Crippen LogP contribution in [0.25, 0.3) is 0 Å². The molecule has 17 heavy (non-hydrogen) atoms. The van der Waals surface area contributed by atoms with Gasteiger partial charge in [0.15, 0.2) is 16.6 Å². The molecule has 0 N–H and O–H groups in total. The molecule has 0 aromatic carbocycles. The molecule has 0 aromatic heterocycles. The predicted octanol–water partition coefficient (Wildman–Crippen LogP) is 3.06. The highest BCUT2D eigenvalue weighted by Crippen LogP contribution is 2.23. The maximum absolute atomic E-state index is 11.1. The maximum atomic E-state index is 11.1. The van der Waals surface area contributed by atoms with Gasteiger partial charge in [-0.3, -0.25) is 10.1 Å². The second-order valence-electron chi connectivity index (χ2n) is 5.98. The summed E-state index contributed by atoms with van der Waals surface area (Å²) in [6, 6.07) is 0. The molecule has 0 aliphatic heterocycles. The molecule has 0 aliphatic rings. The predicted molar refractivity (Wildman–Crippen MR) is 77.2 cm³/mol. The smallest absolute Gasteiger partial charge is 0.317 e. The Bertz CT molecular complexity index is 257. The molecule has 0 aliphatic carbocycles. The number of nitrogens with zero attached hydrogens (tertiary/aromatic N) is 1. The maximum Gasteiger partial charge on any atom is 0.317 e. The minimum absolute atomic E-state index is 0.0419. The van der Waals surface area contributed by atoms with Gasteiger partial charge < -0.3 is 8.85 Å². The Morgan fingerprint density at radius 1 is 1.06 bits per heavy atom. The van der Waals surface area contributed by atoms with Gasteiger partial charge in [0.2, 0.25) is 0 Å². The third-order valence-electron chi connectivity index (χ3n) is 1.78. The van der Waals surface area contributed by atoms with E-state index in [2.05, 4.69) is 15.9 Å². The minimum atomic E-state index is -1.77. The molecule has 0 heterocycles. The standard InChI is InChI=1S/C9H22BrNO4Si2/c1-16(2,3)14-7-9(10,11(12)13)8-15-17(4,5)6/h7-8H2,1-6H3. The molecule has 0 saturated carbocycles. The lowest BCUT2D eigenvalue weighted by molar-refractivity contribution is -0.540. The second kappa shape index (κ2) is 5.92. The van der Waals surface area contributed by atoms with Gasteiger partial charge >= 0.3 is 4.45 Å². The average molecular weight is 344 g/mol. The SMILES string of the molecule is C[Si](C)(C)OCC(Br)(CO[Si](C)(C)C)[N+](=O)[O-]. The van der Waals surface area contributed by atoms with Crippen molar-refractivity contribution in [2.24, 2.45) is 0 Å². The molecule has 0 amide bonds. The normalized spacial score (nSPS) is 13.8. The molecule has 0 unspecified atom stereocenters. The number of rotatable bonds is 7. The molecule has 0 bridgehead atoms. The molecular weight excluding hydrogens is 322 g/mol. The lowest BCUT2D eigenvalue weighted by atomic mass is 10.4. The van der Waals surface area contributed by atoms with Crippen LogP contribution in [0.15, 0.2) is 0 Å². The third-order valence-corrected chi connectivity index (χ3v) is 4.55. The first-order chi connectivity index (χ1) is 7.36. The van der Waals surface area contributed by atoms with Crippen LogP contribution in [0.4, 0.5) is 0 Å². The molecular formula is C9H22BrNO4Si2. The molecule has 0 aromatic rings. The Labute approximate surface area is 113 Å². The zero-order chi connectivity index (χ0) is 13.9. The lowest BCUT2D eigenvalue weighted by Gasteiger charge is -2.27. The summed E-state index contributed by atoms with van der Waals surface area (Å²) in [6.07, 6.45) is 0. The Morgan fingerprint density at radius 3 is 1.53 bits per heavy atom. The first kappa shape index (κ1) is 17.2. The van der Waals surface area contributed by atoms with Crippen molar-refractivity contribution in [2.75, 3.05) is 13.2 Å². The van der Waals surface area contributed by atoms with Crippen molar-refractivity contribution in [3.63, 3.8) is 0 Å². The van der Waals surface area contributed by atoms with Gasteiger partial charge in [0.1, 0.15) is 13.2 Å². The number of hydrogen-bond donors (Lipinski definition) is 0. The molecule has 5 nitrogen and oxygen atoms in total. The van der Waals surface area contributed by atoms with E-state index in [1.54, 1.807) is 0 Å². The number of hydrogen-bond acceptors (Lipinski definition) is 4. The fourth-order valence-corrected chi connectivity index (χ4v) is 2.80. The Morgan fingerprint density at radius 2 is 1.35 bits per heavy atom. The van der Waals surface area contributed by atoms with Gasteiger partial charge in [0.05, 0.1) is 0 Å². The van der Waals surface area contributed by atoms with Crippen LogP contribution in [0.1, 0.15) is 0 Å². The van der Waals surface area contributed by atoms with Gasteiger partial charge in [-0.05, 0) is 39.3 Å². The summed E-state index contributed by atoms with van der Waals surface area (Å²) >= 11 is 3.15. The van der Waals surface area contributed by atoms with E-state index in [0.717, 1.165) is 0 Å². The van der Waals surface area contributed by atoms with E-state index in [9.17, 15) is 10.1 Å². The van der Waals surface area contributed by atoms with Crippen molar-refractivity contribution in [1.29, 1.82) is 0 Å². The van der Waals surface area contributed by atoms with Crippen molar-refractivity contribution in [3.8, 4) is 0 Å². The van der Waals surface area contributed by atoms with E-state index < -0.39 is 21.1 Å². The average Bonchev–Trinajstić information content (AvgIpc) is 2.09. The largest absolute Gasteiger partial charge is 0.409 e. The van der Waals surface area contributed by atoms with Gasteiger partial charge in [-0.25, -0.2) is 0 Å². The summed E-state index contributed by atoms with van der Waals surface area (Å²) in [5.41, 5.74) is 0. The summed E-state index contributed by atoms with van der Waals surface area (Å²) in [5, 5.41) is 11.1. The van der Waals surface area contributed by atoms with E-state index in [4.69, 9.17) is 8.85 Å². The summed E-state index contributed by atoms with van der Waals surface area (Å²) < 4.78 is 9.89. The van der Waals surface area contributed by atoms with Crippen molar-refractivity contribution >= 4 is 32.6 Å². The lowest BCUT2D eigenvalue weighted by Crippen LogP contribution is -2.47. The van der Waals surface area contributed by atoms with E-state index in [1.165, 1.54) is 0 Å². The number of alkyl halides is 1. The van der Waals surface area contributed by atoms with Crippen molar-refractivity contribution in [1.82, 2.24) is 0 Å². The molecule has 0 spiro atoms. The molecule has 0 rings (SSSR count). The Kier molecular flexibility index (Phi) is 6.00. The second-order valence-corrected chi connectivity index (χ2v) is 16.5. The van der Waals surface area contributed by atoms with Gasteiger partial charge in [0, 0.05) is 20.9 Å². The van der Waals surface area contributed by atoms with Crippen LogP contribution in [-0.4, -0.2) is 39.2 Å². The van der Waals surface area contributed by atoms with Gasteiger partial charge in [0.25, 0.3) is 0 Å². The van der Waals surface area contributed by atoms with Crippen LogP contribution in [0, 0.1) is 10.1 Å². The van der Waals surface area contributed by atoms with Gasteiger partial charge in [-0.2, -0.15) is 0 Å². The van der Waals surface area contributed by atoms with Crippen LogP contribution >= 0.6 is 15.9 Å². The quantitative estimate of drug-likeness (QED) is 0.234. The number of halogens is 1. The Balaban J connectivity index is 4.53. The molecule has 0 atom stereocenters. The van der Waals surface area contributed by atoms with Crippen molar-refractivity contribution in [3.05, 3.63) is 10.1 Å². The summed E-state index contributed by atoms with van der Waals surface area (Å²) in [4.78, 5) is 10.7. The van der Waals surface area contributed by atoms with Gasteiger partial charge in [-0.15, -0.1) is 0 Å². The van der Waals surface area contributed by atoms with Crippen LogP contribution in [0.2, 0.25) is 39.3 Å². The van der Waals surface area contributed by atoms with E-state index in [1.807, 2.05) is 39.3 Å². The molecule has 0 saturated heterocycles. The highest BCUT2D eigenvalue weighted by molar-refractivity contribution is 9.10. The van der Waals surface area contributed by atoms with Gasteiger partial charge in [-0.1, -0.05) is 0 Å². The van der Waals surface area contributed by atoms with Crippen molar-refractivity contribution in [2.45, 2.75) is 43.7 Å². The summed E-state index contributed by atoms with van der Waals surface area (Å²) in [5.74, 6) is 0. The van der Waals surface area contributed by atoms with Crippen LogP contribution < -0.4 is 0 Å². The van der Waals surface area contributed by atoms with Crippen LogP contribution in [0.5, 0.6) is 0 Å². The zero-order valence-electron chi connectivity index (χ0n) is 11.4. The summed E-state index contributed by atoms with van der Waals surface area (Å²) in [6.45, 7) is 12.1. The molecule has 8 heteroatoms. The minimum Gasteiger partial charge on any atom is -0.409 e. The van der Waals surface area contributed by atoms with E-state index in [-0.39, 0.29) is 18.1 Å². The molecule has 0 radical (unpaired) electrons. The first-order valence-electron chi connectivity index (χ1n) is 5.47. The number of nitro groups is 1. The zero-order valence-corrected chi connectivity index (χ0v) is 15.0. The Hall–Kier alpha value is 0.234. The molecule has 0 fully saturated rings.